The zero-order valence-corrected chi connectivity index (χ0v) is 11.5. The Balaban J connectivity index is 2.60. The summed E-state index contributed by atoms with van der Waals surface area (Å²) in [5.74, 6) is -0.783. The number of hydrogen-bond acceptors (Lipinski definition) is 4. The molecule has 0 heterocycles. The molecule has 0 aromatic heterocycles. The SMILES string of the molecule is CC(C)NC(=O)CNCc1cc(F)cc(/C(N)=N/O)c1. The second-order valence-electron chi connectivity index (χ2n) is 4.66. The Labute approximate surface area is 116 Å². The normalized spacial score (nSPS) is 11.7. The number of carbonyl (C=O) groups excluding carboxylic acids is 1. The lowest BCUT2D eigenvalue weighted by Crippen LogP contribution is -2.37. The molecule has 0 unspecified atom stereocenters. The van der Waals surface area contributed by atoms with Gasteiger partial charge in [-0.2, -0.15) is 0 Å². The van der Waals surface area contributed by atoms with Gasteiger partial charge in [-0.05, 0) is 37.6 Å². The largest absolute Gasteiger partial charge is 0.409 e. The summed E-state index contributed by atoms with van der Waals surface area (Å²) in [5, 5.41) is 17.0. The number of carbonyl (C=O) groups is 1. The van der Waals surface area contributed by atoms with Crippen molar-refractivity contribution in [1.82, 2.24) is 10.6 Å². The fourth-order valence-electron chi connectivity index (χ4n) is 1.65. The van der Waals surface area contributed by atoms with Gasteiger partial charge in [0.05, 0.1) is 6.54 Å². The Morgan fingerprint density at radius 3 is 2.75 bits per heavy atom. The van der Waals surface area contributed by atoms with E-state index in [9.17, 15) is 9.18 Å². The molecule has 1 amide bonds. The first kappa shape index (κ1) is 15.9. The van der Waals surface area contributed by atoms with Crippen molar-refractivity contribution < 1.29 is 14.4 Å². The number of nitrogens with zero attached hydrogens (tertiary/aromatic N) is 1. The molecule has 110 valence electrons. The molecule has 6 nitrogen and oxygen atoms in total. The summed E-state index contributed by atoms with van der Waals surface area (Å²) >= 11 is 0. The average molecular weight is 282 g/mol. The van der Waals surface area contributed by atoms with Crippen molar-refractivity contribution in [1.29, 1.82) is 0 Å². The molecular weight excluding hydrogens is 263 g/mol. The van der Waals surface area contributed by atoms with Crippen molar-refractivity contribution in [2.24, 2.45) is 10.9 Å². The highest BCUT2D eigenvalue weighted by Gasteiger charge is 2.06. The van der Waals surface area contributed by atoms with Gasteiger partial charge in [-0.3, -0.25) is 4.79 Å². The van der Waals surface area contributed by atoms with Gasteiger partial charge in [-0.1, -0.05) is 5.16 Å². The van der Waals surface area contributed by atoms with Gasteiger partial charge >= 0.3 is 0 Å². The average Bonchev–Trinajstić information content (AvgIpc) is 2.36. The highest BCUT2D eigenvalue weighted by atomic mass is 19.1. The molecule has 1 aromatic carbocycles. The molecular formula is C13H19FN4O2. The minimum Gasteiger partial charge on any atom is -0.409 e. The Hall–Kier alpha value is -2.15. The molecule has 0 bridgehead atoms. The molecule has 0 saturated heterocycles. The number of halogens is 1. The third-order valence-corrected chi connectivity index (χ3v) is 2.43. The van der Waals surface area contributed by atoms with Crippen LogP contribution in [0.15, 0.2) is 23.4 Å². The van der Waals surface area contributed by atoms with E-state index in [2.05, 4.69) is 15.8 Å². The van der Waals surface area contributed by atoms with E-state index in [1.807, 2.05) is 13.8 Å². The summed E-state index contributed by atoms with van der Waals surface area (Å²) in [6, 6.07) is 4.16. The molecule has 0 aliphatic rings. The second kappa shape index (κ2) is 7.44. The van der Waals surface area contributed by atoms with E-state index < -0.39 is 5.82 Å². The van der Waals surface area contributed by atoms with Gasteiger partial charge in [0.25, 0.3) is 0 Å². The lowest BCUT2D eigenvalue weighted by Gasteiger charge is -2.10. The summed E-state index contributed by atoms with van der Waals surface area (Å²) < 4.78 is 13.4. The van der Waals surface area contributed by atoms with Crippen LogP contribution in [0.2, 0.25) is 0 Å². The first-order valence-electron chi connectivity index (χ1n) is 6.20. The molecule has 0 spiro atoms. The third-order valence-electron chi connectivity index (χ3n) is 2.43. The Kier molecular flexibility index (Phi) is 5.92. The summed E-state index contributed by atoms with van der Waals surface area (Å²) in [5.41, 5.74) is 6.30. The van der Waals surface area contributed by atoms with Crippen LogP contribution in [0.3, 0.4) is 0 Å². The number of rotatable bonds is 6. The lowest BCUT2D eigenvalue weighted by atomic mass is 10.1. The van der Waals surface area contributed by atoms with Crippen molar-refractivity contribution in [2.45, 2.75) is 26.4 Å². The molecule has 0 atom stereocenters. The predicted octanol–water partition coefficient (Wildman–Crippen LogP) is 0.534. The van der Waals surface area contributed by atoms with E-state index in [-0.39, 0.29) is 29.9 Å². The number of amidine groups is 1. The van der Waals surface area contributed by atoms with Gasteiger partial charge in [0.1, 0.15) is 5.82 Å². The molecule has 0 radical (unpaired) electrons. The van der Waals surface area contributed by atoms with Crippen molar-refractivity contribution in [2.75, 3.05) is 6.54 Å². The molecule has 0 saturated carbocycles. The molecule has 0 fully saturated rings. The van der Waals surface area contributed by atoms with E-state index >= 15 is 0 Å². The summed E-state index contributed by atoms with van der Waals surface area (Å²) in [7, 11) is 0. The van der Waals surface area contributed by atoms with E-state index in [1.54, 1.807) is 6.07 Å². The van der Waals surface area contributed by atoms with Crippen molar-refractivity contribution >= 4 is 11.7 Å². The van der Waals surface area contributed by atoms with Gasteiger partial charge in [0, 0.05) is 18.2 Å². The van der Waals surface area contributed by atoms with Crippen LogP contribution in [0, 0.1) is 5.82 Å². The minimum absolute atomic E-state index is 0.0747. The van der Waals surface area contributed by atoms with Crippen LogP contribution >= 0.6 is 0 Å². The predicted molar refractivity (Wildman–Crippen MR) is 73.9 cm³/mol. The van der Waals surface area contributed by atoms with Crippen LogP contribution < -0.4 is 16.4 Å². The van der Waals surface area contributed by atoms with Crippen molar-refractivity contribution in [3.05, 3.63) is 35.1 Å². The van der Waals surface area contributed by atoms with Gasteiger partial charge < -0.3 is 21.6 Å². The maximum absolute atomic E-state index is 13.4. The molecule has 0 aliphatic carbocycles. The standard InChI is InChI=1S/C13H19FN4O2/c1-8(2)17-12(19)7-16-6-9-3-10(13(15)18-20)5-11(14)4-9/h3-5,8,16,20H,6-7H2,1-2H3,(H2,15,18)(H,17,19). The molecule has 5 N–H and O–H groups in total. The Morgan fingerprint density at radius 2 is 2.15 bits per heavy atom. The fraction of sp³-hybridized carbons (Fsp3) is 0.385. The van der Waals surface area contributed by atoms with Crippen LogP contribution in [-0.2, 0) is 11.3 Å². The zero-order chi connectivity index (χ0) is 15.1. The molecule has 7 heteroatoms. The van der Waals surface area contributed by atoms with Gasteiger partial charge in [-0.15, -0.1) is 0 Å². The van der Waals surface area contributed by atoms with Crippen molar-refractivity contribution in [3.63, 3.8) is 0 Å². The number of nitrogens with two attached hydrogens (primary N) is 1. The number of nitrogens with one attached hydrogen (secondary N) is 2. The van der Waals surface area contributed by atoms with Crippen LogP contribution in [-0.4, -0.2) is 29.5 Å². The first-order valence-corrected chi connectivity index (χ1v) is 6.20. The van der Waals surface area contributed by atoms with E-state index in [0.29, 0.717) is 12.1 Å². The third kappa shape index (κ3) is 5.23. The first-order chi connectivity index (χ1) is 9.42. The summed E-state index contributed by atoms with van der Waals surface area (Å²) in [6.07, 6.45) is 0. The monoisotopic (exact) mass is 282 g/mol. The number of hydrogen-bond donors (Lipinski definition) is 4. The molecule has 20 heavy (non-hydrogen) atoms. The van der Waals surface area contributed by atoms with Gasteiger partial charge in [0.2, 0.25) is 5.91 Å². The molecule has 1 aromatic rings. The number of amides is 1. The van der Waals surface area contributed by atoms with E-state index in [0.717, 1.165) is 0 Å². The van der Waals surface area contributed by atoms with E-state index in [1.165, 1.54) is 12.1 Å². The van der Waals surface area contributed by atoms with Crippen molar-refractivity contribution in [3.8, 4) is 0 Å². The zero-order valence-electron chi connectivity index (χ0n) is 11.5. The van der Waals surface area contributed by atoms with Gasteiger partial charge in [0.15, 0.2) is 5.84 Å². The minimum atomic E-state index is -0.488. The quantitative estimate of drug-likeness (QED) is 0.265. The maximum Gasteiger partial charge on any atom is 0.234 e. The fourth-order valence-corrected chi connectivity index (χ4v) is 1.65. The smallest absolute Gasteiger partial charge is 0.234 e. The summed E-state index contributed by atoms with van der Waals surface area (Å²) in [6.45, 7) is 4.17. The van der Waals surface area contributed by atoms with Crippen LogP contribution in [0.4, 0.5) is 4.39 Å². The number of benzene rings is 1. The molecule has 0 aliphatic heterocycles. The lowest BCUT2D eigenvalue weighted by molar-refractivity contribution is -0.120. The Morgan fingerprint density at radius 1 is 1.45 bits per heavy atom. The summed E-state index contributed by atoms with van der Waals surface area (Å²) in [4.78, 5) is 11.4. The van der Waals surface area contributed by atoms with Crippen LogP contribution in [0.25, 0.3) is 0 Å². The topological polar surface area (TPSA) is 99.7 Å². The van der Waals surface area contributed by atoms with Crippen LogP contribution in [0.1, 0.15) is 25.0 Å². The maximum atomic E-state index is 13.4. The second-order valence-corrected chi connectivity index (χ2v) is 4.66. The molecule has 1 rings (SSSR count). The highest BCUT2D eigenvalue weighted by Crippen LogP contribution is 2.09. The highest BCUT2D eigenvalue weighted by molar-refractivity contribution is 5.97. The van der Waals surface area contributed by atoms with Crippen LogP contribution in [0.5, 0.6) is 0 Å². The van der Waals surface area contributed by atoms with E-state index in [4.69, 9.17) is 10.9 Å². The van der Waals surface area contributed by atoms with Gasteiger partial charge in [-0.25, -0.2) is 4.39 Å². The Bertz CT molecular complexity index is 503. The number of oxime groups is 1.